The predicted octanol–water partition coefficient (Wildman–Crippen LogP) is 2.25. The molecule has 1 unspecified atom stereocenters. The number of halogens is 1. The molecular weight excluding hydrogens is 426 g/mol. The zero-order valence-electron chi connectivity index (χ0n) is 13.9. The highest BCUT2D eigenvalue weighted by Gasteiger charge is 2.22. The van der Waals surface area contributed by atoms with Crippen LogP contribution in [0.25, 0.3) is 0 Å². The zero-order chi connectivity index (χ0) is 20.0. The van der Waals surface area contributed by atoms with Crippen LogP contribution in [-0.2, 0) is 14.3 Å². The molecule has 10 nitrogen and oxygen atoms in total. The fourth-order valence-electron chi connectivity index (χ4n) is 1.94. The molecule has 0 aliphatic rings. The SMILES string of the molecule is CC(OC(=O)CNC(=O)c1ccc(Br)o1)C(=O)Nc1ccccc1[N+](=O)[O-]. The van der Waals surface area contributed by atoms with E-state index >= 15 is 0 Å². The number of furan rings is 1. The van der Waals surface area contributed by atoms with E-state index in [0.717, 1.165) is 0 Å². The third kappa shape index (κ3) is 5.64. The minimum Gasteiger partial charge on any atom is -0.451 e. The maximum Gasteiger partial charge on any atom is 0.326 e. The van der Waals surface area contributed by atoms with Gasteiger partial charge < -0.3 is 19.8 Å². The second-order valence-electron chi connectivity index (χ2n) is 5.18. The number of nitrogens with zero attached hydrogens (tertiary/aromatic N) is 1. The lowest BCUT2D eigenvalue weighted by Crippen LogP contribution is -2.35. The summed E-state index contributed by atoms with van der Waals surface area (Å²) in [4.78, 5) is 45.9. The van der Waals surface area contributed by atoms with Gasteiger partial charge in [0.15, 0.2) is 16.5 Å². The van der Waals surface area contributed by atoms with Gasteiger partial charge in [-0.15, -0.1) is 0 Å². The van der Waals surface area contributed by atoms with Crippen LogP contribution in [0.5, 0.6) is 0 Å². The largest absolute Gasteiger partial charge is 0.451 e. The van der Waals surface area contributed by atoms with Crippen molar-refractivity contribution in [2.24, 2.45) is 0 Å². The van der Waals surface area contributed by atoms with Gasteiger partial charge >= 0.3 is 5.97 Å². The zero-order valence-corrected chi connectivity index (χ0v) is 15.5. The van der Waals surface area contributed by atoms with Gasteiger partial charge in [0.25, 0.3) is 17.5 Å². The molecule has 0 aliphatic carbocycles. The molecule has 1 heterocycles. The minimum atomic E-state index is -1.23. The highest BCUT2D eigenvalue weighted by Crippen LogP contribution is 2.23. The smallest absolute Gasteiger partial charge is 0.326 e. The molecule has 0 aliphatic heterocycles. The molecule has 2 N–H and O–H groups in total. The Bertz CT molecular complexity index is 880. The Kier molecular flexibility index (Phi) is 6.66. The molecule has 0 radical (unpaired) electrons. The fraction of sp³-hybridized carbons (Fsp3) is 0.188. The van der Waals surface area contributed by atoms with Crippen LogP contribution < -0.4 is 10.6 Å². The molecule has 2 rings (SSSR count). The van der Waals surface area contributed by atoms with E-state index in [1.54, 1.807) is 0 Å². The second kappa shape index (κ2) is 8.94. The van der Waals surface area contributed by atoms with Gasteiger partial charge in [0.2, 0.25) is 0 Å². The highest BCUT2D eigenvalue weighted by atomic mass is 79.9. The summed E-state index contributed by atoms with van der Waals surface area (Å²) in [5.74, 6) is -2.25. The molecule has 0 fully saturated rings. The maximum absolute atomic E-state index is 12.1. The lowest BCUT2D eigenvalue weighted by atomic mass is 10.2. The molecule has 1 atom stereocenters. The quantitative estimate of drug-likeness (QED) is 0.382. The number of amides is 2. The number of esters is 1. The van der Waals surface area contributed by atoms with E-state index in [2.05, 4.69) is 26.6 Å². The number of benzene rings is 1. The van der Waals surface area contributed by atoms with E-state index in [0.29, 0.717) is 4.67 Å². The number of hydrogen-bond donors (Lipinski definition) is 2. The van der Waals surface area contributed by atoms with Gasteiger partial charge in [-0.2, -0.15) is 0 Å². The Labute approximate surface area is 161 Å². The van der Waals surface area contributed by atoms with Crippen molar-refractivity contribution in [2.75, 3.05) is 11.9 Å². The molecule has 2 aromatic rings. The van der Waals surface area contributed by atoms with E-state index < -0.39 is 35.4 Å². The summed E-state index contributed by atoms with van der Waals surface area (Å²) < 4.78 is 10.3. The summed E-state index contributed by atoms with van der Waals surface area (Å²) in [6.45, 7) is 0.813. The molecular formula is C16H14BrN3O7. The van der Waals surface area contributed by atoms with E-state index in [-0.39, 0.29) is 17.1 Å². The van der Waals surface area contributed by atoms with Crippen molar-refractivity contribution < 1.29 is 28.5 Å². The lowest BCUT2D eigenvalue weighted by Gasteiger charge is -2.13. The summed E-state index contributed by atoms with van der Waals surface area (Å²) in [7, 11) is 0. The molecule has 2 amide bonds. The van der Waals surface area contributed by atoms with Gasteiger partial charge in [-0.25, -0.2) is 0 Å². The summed E-state index contributed by atoms with van der Waals surface area (Å²) in [5, 5.41) is 15.5. The molecule has 1 aromatic carbocycles. The van der Waals surface area contributed by atoms with Gasteiger partial charge in [-0.3, -0.25) is 24.5 Å². The molecule has 27 heavy (non-hydrogen) atoms. The fourth-order valence-corrected chi connectivity index (χ4v) is 2.25. The predicted molar refractivity (Wildman–Crippen MR) is 96.0 cm³/mol. The molecule has 0 saturated heterocycles. The number of hydrogen-bond acceptors (Lipinski definition) is 7. The lowest BCUT2D eigenvalue weighted by molar-refractivity contribution is -0.383. The number of ether oxygens (including phenoxy) is 1. The monoisotopic (exact) mass is 439 g/mol. The maximum atomic E-state index is 12.1. The summed E-state index contributed by atoms with van der Waals surface area (Å²) in [6.07, 6.45) is -1.23. The summed E-state index contributed by atoms with van der Waals surface area (Å²) >= 11 is 3.05. The highest BCUT2D eigenvalue weighted by molar-refractivity contribution is 9.10. The topological polar surface area (TPSA) is 141 Å². The molecule has 0 saturated carbocycles. The van der Waals surface area contributed by atoms with Crippen molar-refractivity contribution in [3.05, 3.63) is 56.9 Å². The number of carbonyl (C=O) groups excluding carboxylic acids is 3. The summed E-state index contributed by atoms with van der Waals surface area (Å²) in [6, 6.07) is 8.48. The first-order chi connectivity index (χ1) is 12.8. The van der Waals surface area contributed by atoms with Gasteiger partial charge in [0, 0.05) is 6.07 Å². The third-order valence-electron chi connectivity index (χ3n) is 3.23. The van der Waals surface area contributed by atoms with Crippen LogP contribution in [0, 0.1) is 10.1 Å². The van der Waals surface area contributed by atoms with Crippen molar-refractivity contribution in [1.29, 1.82) is 0 Å². The first-order valence-electron chi connectivity index (χ1n) is 7.55. The van der Waals surface area contributed by atoms with Gasteiger partial charge in [0.05, 0.1) is 4.92 Å². The minimum absolute atomic E-state index is 0.00291. The van der Waals surface area contributed by atoms with Crippen molar-refractivity contribution in [1.82, 2.24) is 5.32 Å². The number of nitro benzene ring substituents is 1. The average Bonchev–Trinajstić information content (AvgIpc) is 3.06. The van der Waals surface area contributed by atoms with Crippen LogP contribution >= 0.6 is 15.9 Å². The van der Waals surface area contributed by atoms with Crippen LogP contribution in [0.3, 0.4) is 0 Å². The molecule has 0 bridgehead atoms. The van der Waals surface area contributed by atoms with E-state index in [1.807, 2.05) is 0 Å². The normalized spacial score (nSPS) is 11.3. The Balaban J connectivity index is 1.86. The number of carbonyl (C=O) groups is 3. The molecule has 0 spiro atoms. The molecule has 142 valence electrons. The van der Waals surface area contributed by atoms with Gasteiger partial charge in [-0.1, -0.05) is 12.1 Å². The van der Waals surface area contributed by atoms with E-state index in [1.165, 1.54) is 43.3 Å². The first-order valence-corrected chi connectivity index (χ1v) is 8.34. The number of nitro groups is 1. The van der Waals surface area contributed by atoms with E-state index in [9.17, 15) is 24.5 Å². The van der Waals surface area contributed by atoms with Crippen LogP contribution in [0.2, 0.25) is 0 Å². The Morgan fingerprint density at radius 2 is 1.96 bits per heavy atom. The number of rotatable bonds is 7. The van der Waals surface area contributed by atoms with Crippen LogP contribution in [-0.4, -0.2) is 35.4 Å². The van der Waals surface area contributed by atoms with Crippen LogP contribution in [0.15, 0.2) is 45.5 Å². The van der Waals surface area contributed by atoms with Crippen molar-refractivity contribution in [3.63, 3.8) is 0 Å². The van der Waals surface area contributed by atoms with Crippen LogP contribution in [0.1, 0.15) is 17.5 Å². The van der Waals surface area contributed by atoms with Gasteiger partial charge in [-0.05, 0) is 41.1 Å². The Hall–Kier alpha value is -3.21. The Morgan fingerprint density at radius 1 is 1.26 bits per heavy atom. The van der Waals surface area contributed by atoms with Crippen molar-refractivity contribution >= 4 is 45.1 Å². The Morgan fingerprint density at radius 3 is 2.59 bits per heavy atom. The number of nitrogens with one attached hydrogen (secondary N) is 2. The first kappa shape index (κ1) is 20.1. The second-order valence-corrected chi connectivity index (χ2v) is 5.96. The standard InChI is InChI=1S/C16H14BrN3O7/c1-9(15(22)19-10-4-2-3-5-11(10)20(24)25)26-14(21)8-18-16(23)12-6-7-13(17)27-12/h2-7,9H,8H2,1H3,(H,18,23)(H,19,22). The molecule has 1 aromatic heterocycles. The van der Waals surface area contributed by atoms with Gasteiger partial charge in [0.1, 0.15) is 12.2 Å². The number of para-hydroxylation sites is 2. The average molecular weight is 440 g/mol. The third-order valence-corrected chi connectivity index (χ3v) is 3.65. The van der Waals surface area contributed by atoms with Crippen LogP contribution in [0.4, 0.5) is 11.4 Å². The summed E-state index contributed by atoms with van der Waals surface area (Å²) in [5.41, 5.74) is -0.312. The van der Waals surface area contributed by atoms with E-state index in [4.69, 9.17) is 9.15 Å². The molecule has 11 heteroatoms. The van der Waals surface area contributed by atoms with Crippen molar-refractivity contribution in [2.45, 2.75) is 13.0 Å². The number of anilines is 1. The van der Waals surface area contributed by atoms with Crippen molar-refractivity contribution in [3.8, 4) is 0 Å².